The van der Waals surface area contributed by atoms with Crippen molar-refractivity contribution in [3.63, 3.8) is 0 Å². The summed E-state index contributed by atoms with van der Waals surface area (Å²) in [5.41, 5.74) is 2.41. The molecule has 156 valence electrons. The zero-order chi connectivity index (χ0) is 20.6. The molecule has 1 aliphatic heterocycles. The largest absolute Gasteiger partial charge is 0.385 e. The Balaban J connectivity index is 1.71. The molecule has 3 heterocycles. The van der Waals surface area contributed by atoms with Crippen LogP contribution in [0.3, 0.4) is 0 Å². The van der Waals surface area contributed by atoms with E-state index in [0.717, 1.165) is 49.9 Å². The van der Waals surface area contributed by atoms with Crippen molar-refractivity contribution in [1.82, 2.24) is 24.8 Å². The molecule has 0 saturated carbocycles. The van der Waals surface area contributed by atoms with E-state index in [1.807, 2.05) is 16.7 Å². The molecule has 8 heteroatoms. The van der Waals surface area contributed by atoms with Crippen LogP contribution in [0, 0.1) is 0 Å². The number of ether oxygens (including phenoxy) is 1. The highest BCUT2D eigenvalue weighted by atomic mass is 16.5. The molecule has 0 aliphatic carbocycles. The lowest BCUT2D eigenvalue weighted by molar-refractivity contribution is 0.0789. The zero-order valence-electron chi connectivity index (χ0n) is 17.2. The molecule has 1 aliphatic rings. The number of rotatable bonds is 9. The van der Waals surface area contributed by atoms with Crippen LogP contribution >= 0.6 is 0 Å². The van der Waals surface area contributed by atoms with Crippen molar-refractivity contribution in [3.05, 3.63) is 47.3 Å². The number of likely N-dealkylation sites (N-methyl/N-ethyl adjacent to an activating group) is 1. The van der Waals surface area contributed by atoms with Crippen molar-refractivity contribution in [1.29, 1.82) is 0 Å². The standard InChI is InChI=1S/C21H29N5O3/c1-25(14-9-16-7-11-22-12-8-16)21(28)18-17-6-3-4-13-26(17)19(24-18)20(27)23-10-5-15-29-2/h7-8,11-12H,3-6,9-10,13-15H2,1-2H3,(H,23,27). The fourth-order valence-corrected chi connectivity index (χ4v) is 3.51. The SMILES string of the molecule is COCCCNC(=O)c1nc(C(=O)N(C)CCc2ccncc2)c2n1CCCC2. The Morgan fingerprint density at radius 3 is 2.83 bits per heavy atom. The fraction of sp³-hybridized carbons (Fsp3) is 0.524. The quantitative estimate of drug-likeness (QED) is 0.648. The predicted molar refractivity (Wildman–Crippen MR) is 109 cm³/mol. The third-order valence-corrected chi connectivity index (χ3v) is 5.17. The van der Waals surface area contributed by atoms with Gasteiger partial charge in [0.25, 0.3) is 11.8 Å². The number of hydrogen-bond acceptors (Lipinski definition) is 5. The number of carbonyl (C=O) groups excluding carboxylic acids is 2. The van der Waals surface area contributed by atoms with Gasteiger partial charge in [-0.1, -0.05) is 0 Å². The van der Waals surface area contributed by atoms with Crippen LogP contribution < -0.4 is 5.32 Å². The molecule has 0 aromatic carbocycles. The van der Waals surface area contributed by atoms with Crippen LogP contribution in [0.4, 0.5) is 0 Å². The summed E-state index contributed by atoms with van der Waals surface area (Å²) in [6.07, 6.45) is 7.73. The number of aromatic nitrogens is 3. The second kappa shape index (κ2) is 10.2. The van der Waals surface area contributed by atoms with E-state index in [0.29, 0.717) is 31.2 Å². The monoisotopic (exact) mass is 399 g/mol. The third-order valence-electron chi connectivity index (χ3n) is 5.17. The van der Waals surface area contributed by atoms with Crippen molar-refractivity contribution in [2.45, 2.75) is 38.6 Å². The van der Waals surface area contributed by atoms with Gasteiger partial charge in [0.05, 0.1) is 5.69 Å². The molecule has 3 rings (SSSR count). The Kier molecular flexibility index (Phi) is 7.35. The third kappa shape index (κ3) is 5.20. The highest BCUT2D eigenvalue weighted by Crippen LogP contribution is 2.22. The summed E-state index contributed by atoms with van der Waals surface area (Å²) in [5.74, 6) is -0.0334. The van der Waals surface area contributed by atoms with E-state index in [9.17, 15) is 9.59 Å². The van der Waals surface area contributed by atoms with Gasteiger partial charge in [-0.25, -0.2) is 4.98 Å². The van der Waals surface area contributed by atoms with E-state index >= 15 is 0 Å². The molecule has 0 fully saturated rings. The number of methoxy groups -OCH3 is 1. The number of amides is 2. The van der Waals surface area contributed by atoms with Gasteiger partial charge < -0.3 is 19.5 Å². The van der Waals surface area contributed by atoms with E-state index in [1.54, 1.807) is 31.5 Å². The molecule has 0 bridgehead atoms. The average molecular weight is 399 g/mol. The van der Waals surface area contributed by atoms with Crippen molar-refractivity contribution >= 4 is 11.8 Å². The summed E-state index contributed by atoms with van der Waals surface area (Å²) in [4.78, 5) is 35.9. The first-order valence-corrected chi connectivity index (χ1v) is 10.1. The number of hydrogen-bond donors (Lipinski definition) is 1. The molecule has 0 saturated heterocycles. The normalized spacial score (nSPS) is 13.0. The summed E-state index contributed by atoms with van der Waals surface area (Å²) in [7, 11) is 3.42. The smallest absolute Gasteiger partial charge is 0.287 e. The van der Waals surface area contributed by atoms with Gasteiger partial charge in [-0.15, -0.1) is 0 Å². The Morgan fingerprint density at radius 2 is 2.07 bits per heavy atom. The first-order chi connectivity index (χ1) is 14.1. The first kappa shape index (κ1) is 21.0. The zero-order valence-corrected chi connectivity index (χ0v) is 17.2. The fourth-order valence-electron chi connectivity index (χ4n) is 3.51. The number of pyridine rings is 1. The molecule has 2 amide bonds. The van der Waals surface area contributed by atoms with Crippen LogP contribution in [0.15, 0.2) is 24.5 Å². The molecule has 1 N–H and O–H groups in total. The van der Waals surface area contributed by atoms with Crippen molar-refractivity contribution in [2.75, 3.05) is 33.9 Å². The minimum atomic E-state index is -0.234. The van der Waals surface area contributed by atoms with Crippen LogP contribution in [-0.4, -0.2) is 65.1 Å². The van der Waals surface area contributed by atoms with E-state index in [-0.39, 0.29) is 11.8 Å². The van der Waals surface area contributed by atoms with Crippen LogP contribution in [0.25, 0.3) is 0 Å². The molecule has 8 nitrogen and oxygen atoms in total. The Bertz CT molecular complexity index is 834. The highest BCUT2D eigenvalue weighted by molar-refractivity contribution is 5.97. The maximum absolute atomic E-state index is 13.1. The Labute approximate surface area is 171 Å². The average Bonchev–Trinajstić information content (AvgIpc) is 3.15. The molecule has 0 unspecified atom stereocenters. The number of fused-ring (bicyclic) bond motifs is 1. The Morgan fingerprint density at radius 1 is 1.28 bits per heavy atom. The van der Waals surface area contributed by atoms with Crippen molar-refractivity contribution in [3.8, 4) is 0 Å². The van der Waals surface area contributed by atoms with E-state index in [4.69, 9.17) is 4.74 Å². The van der Waals surface area contributed by atoms with Gasteiger partial charge in [-0.05, 0) is 49.8 Å². The molecular formula is C21H29N5O3. The summed E-state index contributed by atoms with van der Waals surface area (Å²) in [6, 6.07) is 3.89. The van der Waals surface area contributed by atoms with Gasteiger partial charge in [0.15, 0.2) is 5.82 Å². The van der Waals surface area contributed by atoms with Gasteiger partial charge in [-0.3, -0.25) is 14.6 Å². The summed E-state index contributed by atoms with van der Waals surface area (Å²) in [6.45, 7) is 2.40. The van der Waals surface area contributed by atoms with Crippen LogP contribution in [0.2, 0.25) is 0 Å². The van der Waals surface area contributed by atoms with Crippen LogP contribution in [0.5, 0.6) is 0 Å². The molecule has 2 aromatic rings. The van der Waals surface area contributed by atoms with Crippen molar-refractivity contribution in [2.24, 2.45) is 0 Å². The maximum atomic E-state index is 13.1. The summed E-state index contributed by atoms with van der Waals surface area (Å²) >= 11 is 0. The van der Waals surface area contributed by atoms with Gasteiger partial charge in [0.2, 0.25) is 0 Å². The van der Waals surface area contributed by atoms with Gasteiger partial charge >= 0.3 is 0 Å². The minimum absolute atomic E-state index is 0.136. The van der Waals surface area contributed by atoms with Gasteiger partial charge in [0.1, 0.15) is 5.69 Å². The molecule has 2 aromatic heterocycles. The van der Waals surface area contributed by atoms with Gasteiger partial charge in [0, 0.05) is 52.8 Å². The second-order valence-electron chi connectivity index (χ2n) is 7.27. The molecule has 0 spiro atoms. The molecular weight excluding hydrogens is 370 g/mol. The van der Waals surface area contributed by atoms with Crippen LogP contribution in [0.1, 0.15) is 51.6 Å². The first-order valence-electron chi connectivity index (χ1n) is 10.1. The predicted octanol–water partition coefficient (Wildman–Crippen LogP) is 1.70. The van der Waals surface area contributed by atoms with E-state index in [2.05, 4.69) is 15.3 Å². The summed E-state index contributed by atoms with van der Waals surface area (Å²) in [5, 5.41) is 2.88. The molecule has 0 radical (unpaired) electrons. The van der Waals surface area contributed by atoms with Gasteiger partial charge in [-0.2, -0.15) is 0 Å². The van der Waals surface area contributed by atoms with E-state index in [1.165, 1.54) is 0 Å². The number of carbonyl (C=O) groups is 2. The van der Waals surface area contributed by atoms with Crippen LogP contribution in [-0.2, 0) is 24.1 Å². The molecule has 0 atom stereocenters. The minimum Gasteiger partial charge on any atom is -0.385 e. The number of imidazole rings is 1. The number of nitrogens with zero attached hydrogens (tertiary/aromatic N) is 4. The lowest BCUT2D eigenvalue weighted by Gasteiger charge is -2.19. The number of nitrogens with one attached hydrogen (secondary N) is 1. The second-order valence-corrected chi connectivity index (χ2v) is 7.27. The lowest BCUT2D eigenvalue weighted by atomic mass is 10.1. The topological polar surface area (TPSA) is 89.3 Å². The maximum Gasteiger partial charge on any atom is 0.287 e. The summed E-state index contributed by atoms with van der Waals surface area (Å²) < 4.78 is 6.93. The van der Waals surface area contributed by atoms with Crippen molar-refractivity contribution < 1.29 is 14.3 Å². The van der Waals surface area contributed by atoms with E-state index < -0.39 is 0 Å². The molecule has 29 heavy (non-hydrogen) atoms. The highest BCUT2D eigenvalue weighted by Gasteiger charge is 2.28. The Hall–Kier alpha value is -2.74. The lowest BCUT2D eigenvalue weighted by Crippen LogP contribution is -2.30.